The van der Waals surface area contributed by atoms with Crippen LogP contribution in [0.15, 0.2) is 34.9 Å². The first-order chi connectivity index (χ1) is 8.20. The number of para-hydroxylation sites is 1. The average Bonchev–Trinajstić information content (AvgIpc) is 2.78. The van der Waals surface area contributed by atoms with Crippen LogP contribution >= 0.6 is 0 Å². The number of hydrogen-bond donors (Lipinski definition) is 2. The number of aromatic nitrogens is 1. The van der Waals surface area contributed by atoms with Crippen molar-refractivity contribution >= 4 is 0 Å². The molecule has 2 rings (SSSR count). The fourth-order valence-corrected chi connectivity index (χ4v) is 1.58. The Kier molecular flexibility index (Phi) is 3.44. The Morgan fingerprint density at radius 3 is 2.88 bits per heavy atom. The van der Waals surface area contributed by atoms with Gasteiger partial charge in [-0.15, -0.1) is 0 Å². The molecule has 2 N–H and O–H groups in total. The molecular formula is C13H16N2O2. The van der Waals surface area contributed by atoms with Gasteiger partial charge in [-0.3, -0.25) is 0 Å². The summed E-state index contributed by atoms with van der Waals surface area (Å²) in [5.41, 5.74) is 0.621. The van der Waals surface area contributed by atoms with E-state index in [9.17, 15) is 5.11 Å². The third-order valence-electron chi connectivity index (χ3n) is 2.69. The third kappa shape index (κ3) is 2.65. The van der Waals surface area contributed by atoms with Gasteiger partial charge in [0.05, 0.1) is 11.8 Å². The number of phenolic OH excluding ortho intramolecular Hbond substituents is 1. The van der Waals surface area contributed by atoms with Gasteiger partial charge in [0, 0.05) is 12.5 Å². The highest BCUT2D eigenvalue weighted by Gasteiger charge is 2.11. The highest BCUT2D eigenvalue weighted by molar-refractivity contribution is 5.61. The zero-order valence-corrected chi connectivity index (χ0v) is 9.97. The number of benzene rings is 1. The third-order valence-corrected chi connectivity index (χ3v) is 2.69. The van der Waals surface area contributed by atoms with E-state index in [1.807, 2.05) is 13.1 Å². The molecule has 1 aromatic carbocycles. The number of likely N-dealkylation sites (N-methyl/N-ethyl adjacent to an activating group) is 1. The Balaban J connectivity index is 2.21. The molecule has 1 heterocycles. The van der Waals surface area contributed by atoms with E-state index in [0.29, 0.717) is 17.5 Å². The van der Waals surface area contributed by atoms with E-state index < -0.39 is 0 Å². The van der Waals surface area contributed by atoms with E-state index in [0.717, 1.165) is 12.2 Å². The number of rotatable bonds is 4. The minimum Gasteiger partial charge on any atom is -0.507 e. The highest BCUT2D eigenvalue weighted by Crippen LogP contribution is 2.28. The van der Waals surface area contributed by atoms with Crippen LogP contribution in [0.3, 0.4) is 0 Å². The lowest BCUT2D eigenvalue weighted by Crippen LogP contribution is -2.23. The van der Waals surface area contributed by atoms with Crippen molar-refractivity contribution in [2.24, 2.45) is 0 Å². The largest absolute Gasteiger partial charge is 0.507 e. The monoisotopic (exact) mass is 232 g/mol. The van der Waals surface area contributed by atoms with Gasteiger partial charge < -0.3 is 14.8 Å². The summed E-state index contributed by atoms with van der Waals surface area (Å²) in [6.45, 7) is 2.07. The topological polar surface area (TPSA) is 58.3 Å². The van der Waals surface area contributed by atoms with E-state index in [2.05, 4.69) is 17.2 Å². The van der Waals surface area contributed by atoms with Gasteiger partial charge in [-0.2, -0.15) is 0 Å². The first kappa shape index (κ1) is 11.7. The van der Waals surface area contributed by atoms with Crippen molar-refractivity contribution in [3.05, 3.63) is 36.2 Å². The van der Waals surface area contributed by atoms with Crippen molar-refractivity contribution in [3.63, 3.8) is 0 Å². The smallest absolute Gasteiger partial charge is 0.229 e. The van der Waals surface area contributed by atoms with Crippen LogP contribution < -0.4 is 5.32 Å². The Labute approximate surface area is 100 Å². The molecule has 0 saturated heterocycles. The summed E-state index contributed by atoms with van der Waals surface area (Å²) in [5.74, 6) is 1.45. The van der Waals surface area contributed by atoms with Crippen LogP contribution in [0, 0.1) is 0 Å². The van der Waals surface area contributed by atoms with E-state index in [4.69, 9.17) is 4.42 Å². The summed E-state index contributed by atoms with van der Waals surface area (Å²) in [5, 5.41) is 12.8. The number of phenols is 1. The molecule has 0 saturated carbocycles. The van der Waals surface area contributed by atoms with Crippen LogP contribution in [-0.2, 0) is 6.42 Å². The van der Waals surface area contributed by atoms with Crippen molar-refractivity contribution in [2.75, 3.05) is 7.05 Å². The van der Waals surface area contributed by atoms with Gasteiger partial charge in [0.1, 0.15) is 11.5 Å². The molecule has 0 aliphatic heterocycles. The lowest BCUT2D eigenvalue weighted by molar-refractivity contribution is 0.461. The number of hydrogen-bond acceptors (Lipinski definition) is 4. The summed E-state index contributed by atoms with van der Waals surface area (Å²) in [6, 6.07) is 7.35. The standard InChI is InChI=1S/C13H16N2O2/c1-9(14-2)7-10-8-15-13(17-10)11-5-3-4-6-12(11)16/h3-6,8-9,14,16H,7H2,1-2H3. The SMILES string of the molecule is CNC(C)Cc1cnc(-c2ccccc2O)o1. The number of nitrogens with one attached hydrogen (secondary N) is 1. The zero-order chi connectivity index (χ0) is 12.3. The lowest BCUT2D eigenvalue weighted by Gasteiger charge is -2.06. The van der Waals surface area contributed by atoms with Crippen LogP contribution in [0.25, 0.3) is 11.5 Å². The molecule has 0 fully saturated rings. The molecule has 4 heteroatoms. The molecular weight excluding hydrogens is 216 g/mol. The van der Waals surface area contributed by atoms with Gasteiger partial charge in [-0.05, 0) is 26.1 Å². The Morgan fingerprint density at radius 2 is 2.18 bits per heavy atom. The van der Waals surface area contributed by atoms with Crippen LogP contribution in [-0.4, -0.2) is 23.2 Å². The maximum absolute atomic E-state index is 9.69. The van der Waals surface area contributed by atoms with Crippen molar-refractivity contribution < 1.29 is 9.52 Å². The van der Waals surface area contributed by atoms with Gasteiger partial charge in [0.2, 0.25) is 5.89 Å². The van der Waals surface area contributed by atoms with E-state index in [1.54, 1.807) is 24.4 Å². The van der Waals surface area contributed by atoms with Gasteiger partial charge in [-0.1, -0.05) is 12.1 Å². The summed E-state index contributed by atoms with van der Waals surface area (Å²) >= 11 is 0. The molecule has 0 spiro atoms. The molecule has 0 aliphatic carbocycles. The van der Waals surface area contributed by atoms with E-state index in [-0.39, 0.29) is 5.75 Å². The summed E-state index contributed by atoms with van der Waals surface area (Å²) in [6.07, 6.45) is 2.48. The fourth-order valence-electron chi connectivity index (χ4n) is 1.58. The van der Waals surface area contributed by atoms with Crippen LogP contribution in [0.1, 0.15) is 12.7 Å². The number of aromatic hydroxyl groups is 1. The summed E-state index contributed by atoms with van der Waals surface area (Å²) < 4.78 is 5.61. The van der Waals surface area contributed by atoms with Crippen LogP contribution in [0.5, 0.6) is 5.75 Å². The first-order valence-electron chi connectivity index (χ1n) is 5.61. The van der Waals surface area contributed by atoms with Crippen LogP contribution in [0.2, 0.25) is 0 Å². The number of oxazole rings is 1. The fraction of sp³-hybridized carbons (Fsp3) is 0.308. The molecule has 0 bridgehead atoms. The first-order valence-corrected chi connectivity index (χ1v) is 5.61. The quantitative estimate of drug-likeness (QED) is 0.848. The van der Waals surface area contributed by atoms with Crippen molar-refractivity contribution in [2.45, 2.75) is 19.4 Å². The molecule has 0 aliphatic rings. The van der Waals surface area contributed by atoms with Crippen molar-refractivity contribution in [1.29, 1.82) is 0 Å². The van der Waals surface area contributed by atoms with Gasteiger partial charge in [0.25, 0.3) is 0 Å². The van der Waals surface area contributed by atoms with E-state index >= 15 is 0 Å². The highest BCUT2D eigenvalue weighted by atomic mass is 16.4. The molecule has 1 aromatic heterocycles. The summed E-state index contributed by atoms with van der Waals surface area (Å²) in [4.78, 5) is 4.18. The minimum atomic E-state index is 0.183. The maximum atomic E-state index is 9.69. The van der Waals surface area contributed by atoms with Crippen molar-refractivity contribution in [1.82, 2.24) is 10.3 Å². The zero-order valence-electron chi connectivity index (χ0n) is 9.97. The Bertz CT molecular complexity index is 494. The van der Waals surface area contributed by atoms with Crippen molar-refractivity contribution in [3.8, 4) is 17.2 Å². The molecule has 17 heavy (non-hydrogen) atoms. The molecule has 0 amide bonds. The average molecular weight is 232 g/mol. The molecule has 2 aromatic rings. The Morgan fingerprint density at radius 1 is 1.41 bits per heavy atom. The minimum absolute atomic E-state index is 0.183. The maximum Gasteiger partial charge on any atom is 0.229 e. The second-order valence-electron chi connectivity index (χ2n) is 4.04. The molecule has 1 unspecified atom stereocenters. The molecule has 1 atom stereocenters. The molecule has 0 radical (unpaired) electrons. The van der Waals surface area contributed by atoms with Gasteiger partial charge in [0.15, 0.2) is 0 Å². The predicted octanol–water partition coefficient (Wildman–Crippen LogP) is 2.20. The van der Waals surface area contributed by atoms with Gasteiger partial charge >= 0.3 is 0 Å². The predicted molar refractivity (Wildman–Crippen MR) is 65.8 cm³/mol. The molecule has 90 valence electrons. The Hall–Kier alpha value is -1.81. The second-order valence-corrected chi connectivity index (χ2v) is 4.04. The lowest BCUT2D eigenvalue weighted by atomic mass is 10.2. The molecule has 4 nitrogen and oxygen atoms in total. The van der Waals surface area contributed by atoms with E-state index in [1.165, 1.54) is 0 Å². The van der Waals surface area contributed by atoms with Gasteiger partial charge in [-0.25, -0.2) is 4.98 Å². The second kappa shape index (κ2) is 5.01. The normalized spacial score (nSPS) is 12.6. The summed E-state index contributed by atoms with van der Waals surface area (Å²) in [7, 11) is 1.91. The van der Waals surface area contributed by atoms with Crippen LogP contribution in [0.4, 0.5) is 0 Å². The number of nitrogens with zero attached hydrogens (tertiary/aromatic N) is 1.